The van der Waals surface area contributed by atoms with Gasteiger partial charge in [0.2, 0.25) is 0 Å². The summed E-state index contributed by atoms with van der Waals surface area (Å²) in [7, 11) is 0. The van der Waals surface area contributed by atoms with Crippen LogP contribution in [0.25, 0.3) is 0 Å². The van der Waals surface area contributed by atoms with Crippen LogP contribution in [0.5, 0.6) is 0 Å². The van der Waals surface area contributed by atoms with Crippen molar-refractivity contribution < 1.29 is 9.59 Å². The van der Waals surface area contributed by atoms with Crippen LogP contribution < -0.4 is 10.6 Å². The molecule has 2 amide bonds. The topological polar surface area (TPSA) is 58.2 Å². The van der Waals surface area contributed by atoms with E-state index in [1.165, 1.54) is 0 Å². The number of unbranched alkanes of at least 4 members (excludes halogenated alkanes) is 1. The number of thioether (sulfide) groups is 1. The number of rotatable bonds is 6. The monoisotopic (exact) mass is 382 g/mol. The lowest BCUT2D eigenvalue weighted by Crippen LogP contribution is -2.36. The van der Waals surface area contributed by atoms with E-state index in [4.69, 9.17) is 0 Å². The molecule has 0 aliphatic carbocycles. The van der Waals surface area contributed by atoms with Crippen molar-refractivity contribution in [2.24, 2.45) is 0 Å². The number of urea groups is 1. The minimum atomic E-state index is -0.0239. The predicted molar refractivity (Wildman–Crippen MR) is 82.4 cm³/mol. The fourth-order valence-corrected chi connectivity index (χ4v) is 4.34. The quantitative estimate of drug-likeness (QED) is 0.320. The van der Waals surface area contributed by atoms with Crippen LogP contribution in [0.4, 0.5) is 4.79 Å². The fraction of sp³-hybridized carbons (Fsp3) is 0.833. The summed E-state index contributed by atoms with van der Waals surface area (Å²) in [5, 5.41) is 6.45. The largest absolute Gasteiger partial charge is 0.332 e. The maximum Gasteiger partial charge on any atom is 0.315 e. The van der Waals surface area contributed by atoms with Gasteiger partial charge in [-0.05, 0) is 19.8 Å². The van der Waals surface area contributed by atoms with E-state index in [1.54, 1.807) is 0 Å². The molecule has 4 atom stereocenters. The molecule has 0 aromatic heterocycles. The molecule has 2 aliphatic rings. The molecule has 0 aromatic rings. The summed E-state index contributed by atoms with van der Waals surface area (Å²) in [4.78, 5) is 22.7. The molecule has 2 heterocycles. The third-order valence-electron chi connectivity index (χ3n) is 3.54. The molecule has 2 unspecified atom stereocenters. The average molecular weight is 382 g/mol. The molecule has 0 spiro atoms. The van der Waals surface area contributed by atoms with Gasteiger partial charge >= 0.3 is 6.03 Å². The summed E-state index contributed by atoms with van der Waals surface area (Å²) in [6.07, 6.45) is 3.84. The first-order valence-corrected chi connectivity index (χ1v) is 8.73. The van der Waals surface area contributed by atoms with E-state index in [9.17, 15) is 9.59 Å². The second-order valence-corrected chi connectivity index (χ2v) is 8.09. The van der Waals surface area contributed by atoms with Gasteiger partial charge in [0.1, 0.15) is 5.78 Å². The summed E-state index contributed by atoms with van der Waals surface area (Å²) in [6, 6.07) is 0.578. The summed E-state index contributed by atoms with van der Waals surface area (Å²) < 4.78 is 0.131. The number of Topliss-reactive ketones (excluding diaryl/α,β-unsaturated/α-hetero) is 1. The molecular formula is C12H19IN2O2S. The second-order valence-electron chi connectivity index (χ2n) is 4.95. The van der Waals surface area contributed by atoms with E-state index in [0.29, 0.717) is 29.5 Å². The SMILES string of the molecule is CC(I)C(=O)CCCC[C@@H]1SC[C@@H]2NC(=O)NC21. The Bertz CT molecular complexity index is 338. The number of halogens is 1. The Hall–Kier alpha value is 0.0200. The lowest BCUT2D eigenvalue weighted by molar-refractivity contribution is -0.118. The van der Waals surface area contributed by atoms with E-state index < -0.39 is 0 Å². The zero-order valence-corrected chi connectivity index (χ0v) is 13.4. The van der Waals surface area contributed by atoms with Crippen LogP contribution in [0.3, 0.4) is 0 Å². The normalized spacial score (nSPS) is 31.7. The highest BCUT2D eigenvalue weighted by molar-refractivity contribution is 14.1. The van der Waals surface area contributed by atoms with Crippen molar-refractivity contribution in [2.75, 3.05) is 5.75 Å². The lowest BCUT2D eigenvalue weighted by Gasteiger charge is -2.16. The van der Waals surface area contributed by atoms with Gasteiger partial charge in [-0.3, -0.25) is 4.79 Å². The summed E-state index contributed by atoms with van der Waals surface area (Å²) in [5.74, 6) is 1.36. The molecule has 0 radical (unpaired) electrons. The number of carbonyl (C=O) groups excluding carboxylic acids is 2. The number of hydrogen-bond donors (Lipinski definition) is 2. The maximum absolute atomic E-state index is 11.5. The van der Waals surface area contributed by atoms with E-state index in [1.807, 2.05) is 18.7 Å². The smallest absolute Gasteiger partial charge is 0.315 e. The predicted octanol–water partition coefficient (Wildman–Crippen LogP) is 2.10. The van der Waals surface area contributed by atoms with E-state index in [-0.39, 0.29) is 9.96 Å². The van der Waals surface area contributed by atoms with Crippen molar-refractivity contribution in [2.45, 2.75) is 53.9 Å². The zero-order valence-electron chi connectivity index (χ0n) is 10.4. The molecule has 2 rings (SSSR count). The average Bonchev–Trinajstić information content (AvgIpc) is 2.84. The number of hydrogen-bond acceptors (Lipinski definition) is 3. The van der Waals surface area contributed by atoms with Gasteiger partial charge < -0.3 is 10.6 Å². The van der Waals surface area contributed by atoms with Gasteiger partial charge in [-0.2, -0.15) is 11.8 Å². The van der Waals surface area contributed by atoms with Crippen molar-refractivity contribution in [1.82, 2.24) is 10.6 Å². The fourth-order valence-electron chi connectivity index (χ4n) is 2.49. The summed E-state index contributed by atoms with van der Waals surface area (Å²) in [6.45, 7) is 1.94. The Morgan fingerprint density at radius 3 is 3.00 bits per heavy atom. The van der Waals surface area contributed by atoms with Crippen LogP contribution in [0.1, 0.15) is 32.6 Å². The number of carbonyl (C=O) groups is 2. The van der Waals surface area contributed by atoms with Crippen molar-refractivity contribution in [1.29, 1.82) is 0 Å². The van der Waals surface area contributed by atoms with Crippen LogP contribution in [0, 0.1) is 0 Å². The molecule has 2 N–H and O–H groups in total. The molecule has 102 valence electrons. The van der Waals surface area contributed by atoms with E-state index in [2.05, 4.69) is 33.2 Å². The van der Waals surface area contributed by atoms with Gasteiger partial charge in [0.25, 0.3) is 0 Å². The van der Waals surface area contributed by atoms with Gasteiger partial charge in [-0.1, -0.05) is 29.0 Å². The van der Waals surface area contributed by atoms with Crippen molar-refractivity contribution in [3.63, 3.8) is 0 Å². The van der Waals surface area contributed by atoms with Crippen LogP contribution in [-0.2, 0) is 4.79 Å². The Morgan fingerprint density at radius 1 is 1.50 bits per heavy atom. The minimum Gasteiger partial charge on any atom is -0.332 e. The molecule has 18 heavy (non-hydrogen) atoms. The van der Waals surface area contributed by atoms with Gasteiger partial charge in [-0.25, -0.2) is 4.79 Å². The first kappa shape index (κ1) is 14.4. The number of fused-ring (bicyclic) bond motifs is 1. The molecule has 2 aliphatic heterocycles. The molecule has 6 heteroatoms. The molecule has 2 saturated heterocycles. The van der Waals surface area contributed by atoms with Crippen LogP contribution in [-0.4, -0.2) is 38.8 Å². The highest BCUT2D eigenvalue weighted by Gasteiger charge is 2.42. The van der Waals surface area contributed by atoms with Gasteiger partial charge in [0.05, 0.1) is 16.0 Å². The number of nitrogens with one attached hydrogen (secondary N) is 2. The molecule has 4 nitrogen and oxygen atoms in total. The van der Waals surface area contributed by atoms with E-state index in [0.717, 1.165) is 25.0 Å². The van der Waals surface area contributed by atoms with Crippen LogP contribution >= 0.6 is 34.4 Å². The first-order chi connectivity index (χ1) is 8.58. The third-order valence-corrected chi connectivity index (χ3v) is 5.75. The molecule has 0 aromatic carbocycles. The molecular weight excluding hydrogens is 363 g/mol. The third kappa shape index (κ3) is 3.53. The Labute approximate surface area is 126 Å². The molecule has 2 fully saturated rings. The Morgan fingerprint density at radius 2 is 2.28 bits per heavy atom. The second kappa shape index (κ2) is 6.45. The molecule has 0 bridgehead atoms. The highest BCUT2D eigenvalue weighted by atomic mass is 127. The van der Waals surface area contributed by atoms with Gasteiger partial charge in [-0.15, -0.1) is 0 Å². The summed E-state index contributed by atoms with van der Waals surface area (Å²) >= 11 is 4.11. The Balaban J connectivity index is 1.66. The van der Waals surface area contributed by atoms with Crippen LogP contribution in [0.15, 0.2) is 0 Å². The summed E-state index contributed by atoms with van der Waals surface area (Å²) in [5.41, 5.74) is 0. The molecule has 0 saturated carbocycles. The van der Waals surface area contributed by atoms with E-state index >= 15 is 0 Å². The van der Waals surface area contributed by atoms with Gasteiger partial charge in [0.15, 0.2) is 0 Å². The van der Waals surface area contributed by atoms with Gasteiger partial charge in [0, 0.05) is 17.4 Å². The standard InChI is InChI=1S/C12H19IN2O2S/c1-7(13)9(16)4-2-3-5-10-11-8(6-18-10)14-12(17)15-11/h7-8,10-11H,2-6H2,1H3,(H2,14,15,17)/t7?,8-,10-,11?/m0/s1. The van der Waals surface area contributed by atoms with Crippen molar-refractivity contribution >= 4 is 46.2 Å². The minimum absolute atomic E-state index is 0.0239. The number of alkyl halides is 1. The zero-order chi connectivity index (χ0) is 13.1. The first-order valence-electron chi connectivity index (χ1n) is 6.43. The highest BCUT2D eigenvalue weighted by Crippen LogP contribution is 2.33. The number of amides is 2. The van der Waals surface area contributed by atoms with Crippen molar-refractivity contribution in [3.8, 4) is 0 Å². The van der Waals surface area contributed by atoms with Crippen molar-refractivity contribution in [3.05, 3.63) is 0 Å². The maximum atomic E-state index is 11.5. The number of ketones is 1. The van der Waals surface area contributed by atoms with Crippen LogP contribution in [0.2, 0.25) is 0 Å². The lowest BCUT2D eigenvalue weighted by atomic mass is 10.0. The Kier molecular flexibility index (Phi) is 5.17.